The van der Waals surface area contributed by atoms with Crippen LogP contribution in [0.3, 0.4) is 0 Å². The molecule has 1 aliphatic rings. The highest BCUT2D eigenvalue weighted by molar-refractivity contribution is 5.98. The third kappa shape index (κ3) is 4.14. The second-order valence-corrected chi connectivity index (χ2v) is 7.03. The molecule has 0 saturated carbocycles. The summed E-state index contributed by atoms with van der Waals surface area (Å²) in [5.41, 5.74) is 1.92. The lowest BCUT2D eigenvalue weighted by Crippen LogP contribution is -2.28. The number of hydrogen-bond acceptors (Lipinski definition) is 7. The van der Waals surface area contributed by atoms with Crippen LogP contribution >= 0.6 is 0 Å². The first-order chi connectivity index (χ1) is 14.5. The van der Waals surface area contributed by atoms with E-state index >= 15 is 0 Å². The number of carbonyl (C=O) groups is 2. The maximum absolute atomic E-state index is 12.9. The zero-order chi connectivity index (χ0) is 21.1. The summed E-state index contributed by atoms with van der Waals surface area (Å²) >= 11 is 0. The fraction of sp³-hybridized carbons (Fsp3) is 0.286. The van der Waals surface area contributed by atoms with Crippen LogP contribution in [0, 0.1) is 12.8 Å². The highest BCUT2D eigenvalue weighted by Crippen LogP contribution is 2.31. The van der Waals surface area contributed by atoms with Crippen LogP contribution in [-0.2, 0) is 16.1 Å². The quantitative estimate of drug-likeness (QED) is 0.668. The van der Waals surface area contributed by atoms with Gasteiger partial charge in [0.2, 0.25) is 23.6 Å². The van der Waals surface area contributed by atoms with Crippen LogP contribution in [-0.4, -0.2) is 45.6 Å². The molecule has 0 radical (unpaired) electrons. The Kier molecular flexibility index (Phi) is 5.42. The van der Waals surface area contributed by atoms with E-state index in [1.165, 1.54) is 7.11 Å². The summed E-state index contributed by atoms with van der Waals surface area (Å²) in [5, 5.41) is 10.7. The Bertz CT molecular complexity index is 1070. The number of anilines is 1. The number of pyridine rings is 1. The molecule has 2 amide bonds. The minimum atomic E-state index is -0.458. The van der Waals surface area contributed by atoms with Crippen LogP contribution in [0.25, 0.3) is 11.5 Å². The van der Waals surface area contributed by atoms with Crippen molar-refractivity contribution < 1.29 is 18.7 Å². The van der Waals surface area contributed by atoms with Gasteiger partial charge >= 0.3 is 0 Å². The SMILES string of the molecule is COc1ccc(-c2nnc(C)o2)cc1NC(=O)C1CC(=O)N(Cc2ccccn2)C1. The predicted octanol–water partition coefficient (Wildman–Crippen LogP) is 2.44. The van der Waals surface area contributed by atoms with E-state index in [4.69, 9.17) is 9.15 Å². The van der Waals surface area contributed by atoms with Crippen LogP contribution in [0.4, 0.5) is 5.69 Å². The molecule has 0 spiro atoms. The van der Waals surface area contributed by atoms with Crippen molar-refractivity contribution in [3.05, 3.63) is 54.2 Å². The Morgan fingerprint density at radius 2 is 2.17 bits per heavy atom. The van der Waals surface area contributed by atoms with Gasteiger partial charge in [0.05, 0.1) is 31.0 Å². The van der Waals surface area contributed by atoms with Crippen LogP contribution in [0.15, 0.2) is 47.0 Å². The van der Waals surface area contributed by atoms with Crippen LogP contribution in [0.2, 0.25) is 0 Å². The van der Waals surface area contributed by atoms with Crippen molar-refractivity contribution in [1.29, 1.82) is 0 Å². The van der Waals surface area contributed by atoms with Gasteiger partial charge in [-0.2, -0.15) is 0 Å². The molecule has 1 aromatic carbocycles. The van der Waals surface area contributed by atoms with Crippen molar-refractivity contribution in [2.75, 3.05) is 19.0 Å². The molecular formula is C21H21N5O4. The second-order valence-electron chi connectivity index (χ2n) is 7.03. The minimum Gasteiger partial charge on any atom is -0.495 e. The van der Waals surface area contributed by atoms with Gasteiger partial charge in [-0.05, 0) is 30.3 Å². The number of rotatable bonds is 6. The molecule has 3 heterocycles. The molecule has 9 heteroatoms. The Morgan fingerprint density at radius 1 is 1.30 bits per heavy atom. The molecule has 4 rings (SSSR count). The summed E-state index contributed by atoms with van der Waals surface area (Å²) in [6.07, 6.45) is 1.84. The predicted molar refractivity (Wildman–Crippen MR) is 107 cm³/mol. The first kappa shape index (κ1) is 19.6. The van der Waals surface area contributed by atoms with E-state index in [-0.39, 0.29) is 18.2 Å². The fourth-order valence-electron chi connectivity index (χ4n) is 3.37. The van der Waals surface area contributed by atoms with Gasteiger partial charge in [0.15, 0.2) is 0 Å². The van der Waals surface area contributed by atoms with Gasteiger partial charge in [-0.15, -0.1) is 10.2 Å². The topological polar surface area (TPSA) is 110 Å². The molecule has 1 unspecified atom stereocenters. The zero-order valence-electron chi connectivity index (χ0n) is 16.7. The summed E-state index contributed by atoms with van der Waals surface area (Å²) in [6, 6.07) is 10.8. The number of amides is 2. The first-order valence-corrected chi connectivity index (χ1v) is 9.50. The molecule has 1 atom stereocenters. The van der Waals surface area contributed by atoms with E-state index in [1.807, 2.05) is 18.2 Å². The summed E-state index contributed by atoms with van der Waals surface area (Å²) in [7, 11) is 1.52. The molecule has 0 bridgehead atoms. The van der Waals surface area contributed by atoms with Gasteiger partial charge in [-0.25, -0.2) is 0 Å². The van der Waals surface area contributed by atoms with Crippen LogP contribution in [0.1, 0.15) is 18.0 Å². The molecule has 1 fully saturated rings. The van der Waals surface area contributed by atoms with Gasteiger partial charge in [-0.3, -0.25) is 14.6 Å². The summed E-state index contributed by atoms with van der Waals surface area (Å²) in [6.45, 7) is 2.43. The van der Waals surface area contributed by atoms with Gasteiger partial charge in [-0.1, -0.05) is 6.07 Å². The third-order valence-corrected chi connectivity index (χ3v) is 4.89. The minimum absolute atomic E-state index is 0.0668. The Balaban J connectivity index is 1.47. The lowest BCUT2D eigenvalue weighted by Gasteiger charge is -2.17. The largest absolute Gasteiger partial charge is 0.495 e. The monoisotopic (exact) mass is 407 g/mol. The lowest BCUT2D eigenvalue weighted by atomic mass is 10.1. The molecule has 0 aliphatic carbocycles. The zero-order valence-corrected chi connectivity index (χ0v) is 16.7. The standard InChI is InChI=1S/C21H21N5O4/c1-13-24-25-21(30-13)14-6-7-18(29-2)17(9-14)23-20(28)15-10-19(27)26(11-15)12-16-5-3-4-8-22-16/h3-9,15H,10-12H2,1-2H3,(H,23,28). The average molecular weight is 407 g/mol. The highest BCUT2D eigenvalue weighted by Gasteiger charge is 2.34. The Hall–Kier alpha value is -3.75. The van der Waals surface area contributed by atoms with E-state index in [0.29, 0.717) is 41.9 Å². The van der Waals surface area contributed by atoms with E-state index < -0.39 is 5.92 Å². The molecule has 1 aliphatic heterocycles. The normalized spacial score (nSPS) is 16.0. The Labute approximate surface area is 173 Å². The number of ether oxygens (including phenoxy) is 1. The number of nitrogens with one attached hydrogen (secondary N) is 1. The van der Waals surface area contributed by atoms with Gasteiger partial charge in [0.1, 0.15) is 5.75 Å². The third-order valence-electron chi connectivity index (χ3n) is 4.89. The number of methoxy groups -OCH3 is 1. The number of nitrogens with zero attached hydrogens (tertiary/aromatic N) is 4. The average Bonchev–Trinajstić information content (AvgIpc) is 3.34. The van der Waals surface area contributed by atoms with Crippen molar-refractivity contribution in [2.24, 2.45) is 5.92 Å². The number of carbonyl (C=O) groups excluding carboxylic acids is 2. The Morgan fingerprint density at radius 3 is 2.87 bits per heavy atom. The number of hydrogen-bond donors (Lipinski definition) is 1. The number of aromatic nitrogens is 3. The highest BCUT2D eigenvalue weighted by atomic mass is 16.5. The van der Waals surface area contributed by atoms with Crippen LogP contribution in [0.5, 0.6) is 5.75 Å². The van der Waals surface area contributed by atoms with Crippen molar-refractivity contribution in [2.45, 2.75) is 19.9 Å². The van der Waals surface area contributed by atoms with Gasteiger partial charge in [0.25, 0.3) is 0 Å². The summed E-state index contributed by atoms with van der Waals surface area (Å²) < 4.78 is 10.8. The molecule has 1 saturated heterocycles. The lowest BCUT2D eigenvalue weighted by molar-refractivity contribution is -0.128. The molecule has 154 valence electrons. The van der Waals surface area contributed by atoms with Crippen molar-refractivity contribution in [3.63, 3.8) is 0 Å². The van der Waals surface area contributed by atoms with E-state index in [1.54, 1.807) is 36.2 Å². The molecule has 30 heavy (non-hydrogen) atoms. The maximum Gasteiger partial charge on any atom is 0.247 e. The van der Waals surface area contributed by atoms with Crippen molar-refractivity contribution >= 4 is 17.5 Å². The molecule has 2 aromatic heterocycles. The molecule has 3 aromatic rings. The van der Waals surface area contributed by atoms with Crippen molar-refractivity contribution in [3.8, 4) is 17.2 Å². The smallest absolute Gasteiger partial charge is 0.247 e. The van der Waals surface area contributed by atoms with E-state index in [9.17, 15) is 9.59 Å². The fourth-order valence-corrected chi connectivity index (χ4v) is 3.37. The summed E-state index contributed by atoms with van der Waals surface area (Å²) in [5.74, 6) is 0.525. The van der Waals surface area contributed by atoms with Gasteiger partial charge < -0.3 is 19.4 Å². The summed E-state index contributed by atoms with van der Waals surface area (Å²) in [4.78, 5) is 31.1. The number of benzene rings is 1. The van der Waals surface area contributed by atoms with Gasteiger partial charge in [0, 0.05) is 31.6 Å². The molecule has 1 N–H and O–H groups in total. The number of aryl methyl sites for hydroxylation is 1. The van der Waals surface area contributed by atoms with E-state index in [2.05, 4.69) is 20.5 Å². The second kappa shape index (κ2) is 8.32. The number of likely N-dealkylation sites (tertiary alicyclic amines) is 1. The molecule has 9 nitrogen and oxygen atoms in total. The maximum atomic E-state index is 12.9. The van der Waals surface area contributed by atoms with Crippen LogP contribution < -0.4 is 10.1 Å². The first-order valence-electron chi connectivity index (χ1n) is 9.50. The molecular weight excluding hydrogens is 386 g/mol. The van der Waals surface area contributed by atoms with Crippen molar-refractivity contribution in [1.82, 2.24) is 20.1 Å². The van der Waals surface area contributed by atoms with E-state index in [0.717, 1.165) is 5.69 Å².